The van der Waals surface area contributed by atoms with Gasteiger partial charge >= 0.3 is 0 Å². The van der Waals surface area contributed by atoms with Gasteiger partial charge in [0.2, 0.25) is 0 Å². The van der Waals surface area contributed by atoms with E-state index in [1.807, 2.05) is 11.8 Å². The highest BCUT2D eigenvalue weighted by molar-refractivity contribution is 8.15. The predicted molar refractivity (Wildman–Crippen MR) is 79.1 cm³/mol. The Bertz CT molecular complexity index is 311. The average Bonchev–Trinajstić information content (AvgIpc) is 2.42. The number of carbonyl (C=O) groups excluding carboxylic acids is 1. The minimum Gasteiger partial charge on any atom is -0.314 e. The highest BCUT2D eigenvalue weighted by Gasteiger charge is 2.43. The molecule has 98 valence electrons. The van der Waals surface area contributed by atoms with Crippen molar-refractivity contribution in [2.24, 2.45) is 11.8 Å². The standard InChI is InChI=1S/C13H23NOS2/c1-6-11(7-2)9(3)8-14-12(15)10(4)17-13(14,5)16/h9,11,16H,4,6-8H2,1-3,5H3. The van der Waals surface area contributed by atoms with Crippen molar-refractivity contribution >= 4 is 30.3 Å². The molecule has 1 heterocycles. The van der Waals surface area contributed by atoms with Crippen LogP contribution < -0.4 is 0 Å². The number of nitrogens with zero attached hydrogens (tertiary/aromatic N) is 1. The summed E-state index contributed by atoms with van der Waals surface area (Å²) < 4.78 is -0.436. The molecule has 0 aromatic carbocycles. The third-order valence-electron chi connectivity index (χ3n) is 3.63. The molecule has 17 heavy (non-hydrogen) atoms. The lowest BCUT2D eigenvalue weighted by atomic mass is 9.89. The van der Waals surface area contributed by atoms with E-state index in [0.29, 0.717) is 16.7 Å². The summed E-state index contributed by atoms with van der Waals surface area (Å²) >= 11 is 6.03. The summed E-state index contributed by atoms with van der Waals surface area (Å²) in [6, 6.07) is 0. The Balaban J connectivity index is 2.73. The largest absolute Gasteiger partial charge is 0.314 e. The van der Waals surface area contributed by atoms with Gasteiger partial charge in [-0.15, -0.1) is 12.6 Å². The minimum absolute atomic E-state index is 0.0466. The summed E-state index contributed by atoms with van der Waals surface area (Å²) in [7, 11) is 0. The van der Waals surface area contributed by atoms with Crippen LogP contribution in [0, 0.1) is 11.8 Å². The summed E-state index contributed by atoms with van der Waals surface area (Å²) in [6.45, 7) is 13.2. The Kier molecular flexibility index (Phi) is 5.02. The fraction of sp³-hybridized carbons (Fsp3) is 0.769. The number of amides is 1. The average molecular weight is 273 g/mol. The maximum atomic E-state index is 12.0. The lowest BCUT2D eigenvalue weighted by Gasteiger charge is -2.33. The van der Waals surface area contributed by atoms with Gasteiger partial charge in [0.05, 0.1) is 4.91 Å². The number of thioether (sulfide) groups is 1. The summed E-state index contributed by atoms with van der Waals surface area (Å²) in [5, 5.41) is 0. The van der Waals surface area contributed by atoms with E-state index in [9.17, 15) is 4.79 Å². The quantitative estimate of drug-likeness (QED) is 0.608. The van der Waals surface area contributed by atoms with Crippen LogP contribution in [0.3, 0.4) is 0 Å². The van der Waals surface area contributed by atoms with E-state index in [2.05, 4.69) is 40.0 Å². The second-order valence-electron chi connectivity index (χ2n) is 4.93. The van der Waals surface area contributed by atoms with E-state index in [1.165, 1.54) is 11.8 Å². The highest BCUT2D eigenvalue weighted by atomic mass is 32.2. The van der Waals surface area contributed by atoms with Crippen molar-refractivity contribution in [1.82, 2.24) is 4.90 Å². The van der Waals surface area contributed by atoms with Gasteiger partial charge < -0.3 is 4.90 Å². The molecule has 1 aliphatic rings. The molecule has 0 bridgehead atoms. The van der Waals surface area contributed by atoms with Crippen molar-refractivity contribution < 1.29 is 4.79 Å². The first-order valence-electron chi connectivity index (χ1n) is 6.25. The number of rotatable bonds is 5. The third kappa shape index (κ3) is 3.22. The van der Waals surface area contributed by atoms with E-state index in [0.717, 1.165) is 19.4 Å². The monoisotopic (exact) mass is 273 g/mol. The number of hydrogen-bond acceptors (Lipinski definition) is 3. The van der Waals surface area contributed by atoms with Crippen molar-refractivity contribution in [2.75, 3.05) is 6.54 Å². The van der Waals surface area contributed by atoms with Gasteiger partial charge in [-0.3, -0.25) is 4.79 Å². The van der Waals surface area contributed by atoms with Gasteiger partial charge in [0.15, 0.2) is 0 Å². The van der Waals surface area contributed by atoms with Crippen LogP contribution in [0.4, 0.5) is 0 Å². The molecule has 0 saturated carbocycles. The molecular formula is C13H23NOS2. The Morgan fingerprint density at radius 1 is 1.47 bits per heavy atom. The molecule has 0 aliphatic carbocycles. The van der Waals surface area contributed by atoms with Crippen LogP contribution in [-0.4, -0.2) is 21.6 Å². The number of hydrogen-bond donors (Lipinski definition) is 1. The zero-order chi connectivity index (χ0) is 13.2. The van der Waals surface area contributed by atoms with Crippen LogP contribution in [0.25, 0.3) is 0 Å². The SMILES string of the molecule is C=C1SC(C)(S)N(CC(C)C(CC)CC)C1=O. The molecule has 2 nitrogen and oxygen atoms in total. The van der Waals surface area contributed by atoms with Gasteiger partial charge in [-0.25, -0.2) is 0 Å². The molecule has 2 atom stereocenters. The molecule has 1 rings (SSSR count). The summed E-state index contributed by atoms with van der Waals surface area (Å²) in [6.07, 6.45) is 2.33. The van der Waals surface area contributed by atoms with Crippen LogP contribution in [0.1, 0.15) is 40.5 Å². The fourth-order valence-electron chi connectivity index (χ4n) is 2.45. The molecule has 0 N–H and O–H groups in total. The first kappa shape index (κ1) is 15.0. The molecule has 1 amide bonds. The molecule has 4 heteroatoms. The van der Waals surface area contributed by atoms with E-state index in [4.69, 9.17) is 0 Å². The molecule has 0 spiro atoms. The van der Waals surface area contributed by atoms with Gasteiger partial charge in [-0.2, -0.15) is 0 Å². The molecule has 0 aromatic heterocycles. The Morgan fingerprint density at radius 2 is 2.00 bits per heavy atom. The van der Waals surface area contributed by atoms with Gasteiger partial charge in [-0.1, -0.05) is 52.0 Å². The smallest absolute Gasteiger partial charge is 0.261 e. The molecule has 0 radical (unpaired) electrons. The van der Waals surface area contributed by atoms with E-state index >= 15 is 0 Å². The Hall–Kier alpha value is -0.0900. The lowest BCUT2D eigenvalue weighted by Crippen LogP contribution is -2.41. The zero-order valence-electron chi connectivity index (χ0n) is 11.2. The number of carbonyl (C=O) groups is 1. The van der Waals surface area contributed by atoms with Crippen LogP contribution in [0.2, 0.25) is 0 Å². The van der Waals surface area contributed by atoms with Crippen molar-refractivity contribution in [3.05, 3.63) is 11.5 Å². The lowest BCUT2D eigenvalue weighted by molar-refractivity contribution is -0.127. The maximum absolute atomic E-state index is 12.0. The topological polar surface area (TPSA) is 20.3 Å². The second-order valence-corrected chi connectivity index (χ2v) is 7.59. The van der Waals surface area contributed by atoms with Crippen LogP contribution in [0.5, 0.6) is 0 Å². The first-order valence-corrected chi connectivity index (χ1v) is 7.52. The summed E-state index contributed by atoms with van der Waals surface area (Å²) in [5.74, 6) is 1.23. The van der Waals surface area contributed by atoms with Gasteiger partial charge in [0.1, 0.15) is 4.20 Å². The van der Waals surface area contributed by atoms with Crippen molar-refractivity contribution in [3.8, 4) is 0 Å². The zero-order valence-corrected chi connectivity index (χ0v) is 12.9. The highest BCUT2D eigenvalue weighted by Crippen LogP contribution is 2.46. The summed E-state index contributed by atoms with van der Waals surface area (Å²) in [5.41, 5.74) is 0. The minimum atomic E-state index is -0.436. The fourth-order valence-corrected chi connectivity index (χ4v) is 3.89. The van der Waals surface area contributed by atoms with Crippen molar-refractivity contribution in [1.29, 1.82) is 0 Å². The predicted octanol–water partition coefficient (Wildman–Crippen LogP) is 3.75. The van der Waals surface area contributed by atoms with Crippen LogP contribution in [0.15, 0.2) is 11.5 Å². The van der Waals surface area contributed by atoms with Crippen molar-refractivity contribution in [3.63, 3.8) is 0 Å². The van der Waals surface area contributed by atoms with Crippen LogP contribution >= 0.6 is 24.4 Å². The molecule has 0 aromatic rings. The van der Waals surface area contributed by atoms with Gasteiger partial charge in [-0.05, 0) is 18.8 Å². The van der Waals surface area contributed by atoms with E-state index < -0.39 is 4.20 Å². The molecular weight excluding hydrogens is 250 g/mol. The maximum Gasteiger partial charge on any atom is 0.261 e. The second kappa shape index (κ2) is 5.70. The molecule has 1 fully saturated rings. The molecule has 2 unspecified atom stereocenters. The van der Waals surface area contributed by atoms with E-state index in [-0.39, 0.29) is 5.91 Å². The van der Waals surface area contributed by atoms with E-state index in [1.54, 1.807) is 0 Å². The Labute approximate surface area is 115 Å². The molecule has 1 saturated heterocycles. The molecule has 1 aliphatic heterocycles. The normalized spacial score (nSPS) is 27.1. The van der Waals surface area contributed by atoms with Crippen molar-refractivity contribution in [2.45, 2.75) is 44.7 Å². The first-order chi connectivity index (χ1) is 7.83. The Morgan fingerprint density at radius 3 is 2.35 bits per heavy atom. The third-order valence-corrected chi connectivity index (χ3v) is 5.17. The van der Waals surface area contributed by atoms with Gasteiger partial charge in [0, 0.05) is 6.54 Å². The van der Waals surface area contributed by atoms with Gasteiger partial charge in [0.25, 0.3) is 5.91 Å². The number of thiol groups is 1. The van der Waals surface area contributed by atoms with Crippen LogP contribution in [-0.2, 0) is 4.79 Å². The summed E-state index contributed by atoms with van der Waals surface area (Å²) in [4.78, 5) is 14.5.